The molecule has 0 spiro atoms. The number of phenolic OH excluding ortho intramolecular Hbond substituents is 1. The molecule has 220 valence electrons. The lowest BCUT2D eigenvalue weighted by Crippen LogP contribution is -2.54. The van der Waals surface area contributed by atoms with E-state index in [0.29, 0.717) is 28.6 Å². The quantitative estimate of drug-likeness (QED) is 0.286. The number of aromatic hydroxyl groups is 1. The molecular formula is C31H44ClN3O5. The Labute approximate surface area is 243 Å². The van der Waals surface area contributed by atoms with Crippen molar-refractivity contribution in [3.8, 4) is 5.75 Å². The zero-order valence-corrected chi connectivity index (χ0v) is 25.8. The number of nitrogens with zero attached hydrogens (tertiary/aromatic N) is 1. The van der Waals surface area contributed by atoms with E-state index in [1.54, 1.807) is 65.0 Å². The molecular weight excluding hydrogens is 530 g/mol. The van der Waals surface area contributed by atoms with Crippen LogP contribution in [0.25, 0.3) is 0 Å². The molecule has 3 unspecified atom stereocenters. The lowest BCUT2D eigenvalue weighted by molar-refractivity contribution is -0.143. The first-order valence-corrected chi connectivity index (χ1v) is 14.1. The Balaban J connectivity index is 2.63. The van der Waals surface area contributed by atoms with Gasteiger partial charge in [-0.3, -0.25) is 9.59 Å². The van der Waals surface area contributed by atoms with Crippen molar-refractivity contribution in [1.82, 2.24) is 10.2 Å². The fraction of sp³-hybridized carbons (Fsp3) is 0.516. The van der Waals surface area contributed by atoms with Gasteiger partial charge in [0.1, 0.15) is 23.4 Å². The Hall–Kier alpha value is -3.26. The van der Waals surface area contributed by atoms with Crippen molar-refractivity contribution in [3.05, 3.63) is 58.1 Å². The number of hydrogen-bond acceptors (Lipinski definition) is 5. The zero-order valence-electron chi connectivity index (χ0n) is 25.1. The minimum atomic E-state index is -1.21. The summed E-state index contributed by atoms with van der Waals surface area (Å²) in [5.74, 6) is -0.743. The number of nitrogens with one attached hydrogen (secondary N) is 2. The SMILES string of the molecule is Cc1cccc(C(C(=O)Nc2c(C)cccc2Cl)N(C(=O)C(C)NC(=O)OC(C)(C)C)C(C)CCC(C)C)c1O. The van der Waals surface area contributed by atoms with Gasteiger partial charge < -0.3 is 25.4 Å². The fourth-order valence-corrected chi connectivity index (χ4v) is 4.65. The van der Waals surface area contributed by atoms with E-state index in [9.17, 15) is 19.5 Å². The Kier molecular flexibility index (Phi) is 11.4. The van der Waals surface area contributed by atoms with Crippen molar-refractivity contribution in [3.63, 3.8) is 0 Å². The van der Waals surface area contributed by atoms with Crippen LogP contribution in [0.2, 0.25) is 5.02 Å². The minimum Gasteiger partial charge on any atom is -0.507 e. The van der Waals surface area contributed by atoms with E-state index in [4.69, 9.17) is 16.3 Å². The number of phenols is 1. The molecule has 2 rings (SSSR count). The molecule has 40 heavy (non-hydrogen) atoms. The highest BCUT2D eigenvalue weighted by atomic mass is 35.5. The van der Waals surface area contributed by atoms with Crippen LogP contribution in [0, 0.1) is 19.8 Å². The molecule has 0 saturated heterocycles. The topological polar surface area (TPSA) is 108 Å². The zero-order chi connectivity index (χ0) is 30.4. The first-order chi connectivity index (χ1) is 18.5. The van der Waals surface area contributed by atoms with Gasteiger partial charge in [0.15, 0.2) is 0 Å². The number of hydrogen-bond donors (Lipinski definition) is 3. The van der Waals surface area contributed by atoms with Gasteiger partial charge in [0.05, 0.1) is 10.7 Å². The Morgan fingerprint density at radius 2 is 1.57 bits per heavy atom. The first kappa shape index (κ1) is 32.9. The summed E-state index contributed by atoms with van der Waals surface area (Å²) in [5, 5.41) is 17.0. The molecule has 2 aromatic carbocycles. The molecule has 3 atom stereocenters. The first-order valence-electron chi connectivity index (χ1n) is 13.7. The van der Waals surface area contributed by atoms with E-state index in [-0.39, 0.29) is 11.3 Å². The van der Waals surface area contributed by atoms with Gasteiger partial charge in [-0.15, -0.1) is 0 Å². The van der Waals surface area contributed by atoms with Crippen LogP contribution in [-0.4, -0.2) is 45.6 Å². The Morgan fingerprint density at radius 3 is 2.15 bits per heavy atom. The van der Waals surface area contributed by atoms with E-state index in [0.717, 1.165) is 12.0 Å². The number of halogens is 1. The van der Waals surface area contributed by atoms with Crippen LogP contribution in [0.15, 0.2) is 36.4 Å². The van der Waals surface area contributed by atoms with Crippen molar-refractivity contribution in [1.29, 1.82) is 0 Å². The van der Waals surface area contributed by atoms with Gasteiger partial charge in [-0.25, -0.2) is 4.79 Å². The number of alkyl carbamates (subject to hydrolysis) is 1. The van der Waals surface area contributed by atoms with E-state index in [1.165, 1.54) is 4.90 Å². The normalized spacial score (nSPS) is 13.8. The number of para-hydroxylation sites is 2. The summed E-state index contributed by atoms with van der Waals surface area (Å²) in [6.45, 7) is 16.3. The van der Waals surface area contributed by atoms with E-state index < -0.39 is 41.6 Å². The third-order valence-corrected chi connectivity index (χ3v) is 6.87. The van der Waals surface area contributed by atoms with Crippen LogP contribution in [0.5, 0.6) is 5.75 Å². The molecule has 0 aromatic heterocycles. The summed E-state index contributed by atoms with van der Waals surface area (Å²) in [5.41, 5.74) is 1.26. The average Bonchev–Trinajstić information content (AvgIpc) is 2.83. The van der Waals surface area contributed by atoms with Crippen molar-refractivity contribution in [2.45, 2.75) is 98.9 Å². The summed E-state index contributed by atoms with van der Waals surface area (Å²) >= 11 is 6.42. The van der Waals surface area contributed by atoms with Crippen LogP contribution in [-0.2, 0) is 14.3 Å². The van der Waals surface area contributed by atoms with E-state index in [1.807, 2.05) is 19.9 Å². The second kappa shape index (κ2) is 13.9. The molecule has 0 radical (unpaired) electrons. The molecule has 0 aliphatic rings. The second-order valence-electron chi connectivity index (χ2n) is 11.8. The smallest absolute Gasteiger partial charge is 0.408 e. The number of ether oxygens (including phenoxy) is 1. The van der Waals surface area contributed by atoms with Crippen LogP contribution in [0.1, 0.15) is 84.0 Å². The highest BCUT2D eigenvalue weighted by molar-refractivity contribution is 6.34. The highest BCUT2D eigenvalue weighted by Gasteiger charge is 2.39. The molecule has 2 aromatic rings. The summed E-state index contributed by atoms with van der Waals surface area (Å²) < 4.78 is 5.36. The van der Waals surface area contributed by atoms with Crippen LogP contribution < -0.4 is 10.6 Å². The monoisotopic (exact) mass is 573 g/mol. The van der Waals surface area contributed by atoms with Gasteiger partial charge in [-0.2, -0.15) is 0 Å². The maximum absolute atomic E-state index is 14.1. The lowest BCUT2D eigenvalue weighted by atomic mass is 9.95. The van der Waals surface area contributed by atoms with Gasteiger partial charge >= 0.3 is 6.09 Å². The van der Waals surface area contributed by atoms with E-state index in [2.05, 4.69) is 24.5 Å². The van der Waals surface area contributed by atoms with Gasteiger partial charge in [-0.05, 0) is 84.4 Å². The van der Waals surface area contributed by atoms with Gasteiger partial charge in [0.2, 0.25) is 5.91 Å². The van der Waals surface area contributed by atoms with E-state index >= 15 is 0 Å². The molecule has 8 nitrogen and oxygen atoms in total. The van der Waals surface area contributed by atoms with Gasteiger partial charge in [0, 0.05) is 11.6 Å². The molecule has 0 heterocycles. The molecule has 0 fully saturated rings. The molecule has 9 heteroatoms. The molecule has 0 aliphatic carbocycles. The Bertz CT molecular complexity index is 1190. The predicted molar refractivity (Wildman–Crippen MR) is 160 cm³/mol. The molecule has 3 amide bonds. The van der Waals surface area contributed by atoms with Gasteiger partial charge in [0.25, 0.3) is 5.91 Å². The molecule has 0 saturated carbocycles. The third kappa shape index (κ3) is 8.88. The largest absolute Gasteiger partial charge is 0.507 e. The van der Waals surface area contributed by atoms with Crippen LogP contribution in [0.4, 0.5) is 10.5 Å². The number of aryl methyl sites for hydroxylation is 2. The van der Waals surface area contributed by atoms with Crippen LogP contribution >= 0.6 is 11.6 Å². The second-order valence-corrected chi connectivity index (χ2v) is 12.2. The average molecular weight is 574 g/mol. The number of carbonyl (C=O) groups excluding carboxylic acids is 3. The van der Waals surface area contributed by atoms with Crippen molar-refractivity contribution >= 4 is 35.2 Å². The van der Waals surface area contributed by atoms with Crippen LogP contribution in [0.3, 0.4) is 0 Å². The maximum Gasteiger partial charge on any atom is 0.408 e. The summed E-state index contributed by atoms with van der Waals surface area (Å²) in [6.07, 6.45) is 0.662. The fourth-order valence-electron chi connectivity index (χ4n) is 4.38. The Morgan fingerprint density at radius 1 is 0.975 bits per heavy atom. The summed E-state index contributed by atoms with van der Waals surface area (Å²) in [6, 6.07) is 7.72. The van der Waals surface area contributed by atoms with Crippen molar-refractivity contribution < 1.29 is 24.2 Å². The number of carbonyl (C=O) groups is 3. The minimum absolute atomic E-state index is 0.0832. The summed E-state index contributed by atoms with van der Waals surface area (Å²) in [7, 11) is 0. The summed E-state index contributed by atoms with van der Waals surface area (Å²) in [4.78, 5) is 42.2. The predicted octanol–water partition coefficient (Wildman–Crippen LogP) is 6.91. The number of amides is 3. The molecule has 0 aliphatic heterocycles. The lowest BCUT2D eigenvalue weighted by Gasteiger charge is -2.38. The number of rotatable bonds is 10. The van der Waals surface area contributed by atoms with Gasteiger partial charge in [-0.1, -0.05) is 55.8 Å². The number of benzene rings is 2. The highest BCUT2D eigenvalue weighted by Crippen LogP contribution is 2.36. The molecule has 0 bridgehead atoms. The van der Waals surface area contributed by atoms with Crippen molar-refractivity contribution in [2.24, 2.45) is 5.92 Å². The third-order valence-electron chi connectivity index (χ3n) is 6.56. The van der Waals surface area contributed by atoms with Crippen molar-refractivity contribution in [2.75, 3.05) is 5.32 Å². The molecule has 3 N–H and O–H groups in total. The standard InChI is InChI=1S/C31H44ClN3O5/c1-18(2)16-17-21(5)35(29(38)22(6)33-30(39)40-31(7,8)9)26(23-14-10-13-20(4)27(23)36)28(37)34-25-19(3)12-11-15-24(25)32/h10-15,18,21-22,26,36H,16-17H2,1-9H3,(H,33,39)(H,34,37). The maximum atomic E-state index is 14.1. The number of anilines is 1.